The third kappa shape index (κ3) is 3.97. The fraction of sp³-hybridized carbons (Fsp3) is 0.400. The second-order valence-corrected chi connectivity index (χ2v) is 7.86. The molecule has 26 heavy (non-hydrogen) atoms. The standard InChI is InChI=1S/C20H25N3O2S/c1-13(2)15-6-8-16(9-7-15)18(17-5-4-12-26-17)22-14(3)19(24)23-11-10-21-20(23)25/h4-9,12-14,18,22H,10-11H2,1-3H3,(H,21,25)/t14-,18+/m0/s1. The van der Waals surface area contributed by atoms with Gasteiger partial charge in [0.2, 0.25) is 5.91 Å². The van der Waals surface area contributed by atoms with Crippen LogP contribution in [0.25, 0.3) is 0 Å². The fourth-order valence-electron chi connectivity index (χ4n) is 3.11. The van der Waals surface area contributed by atoms with E-state index < -0.39 is 6.04 Å². The number of hydrogen-bond donors (Lipinski definition) is 2. The normalized spacial score (nSPS) is 16.6. The van der Waals surface area contributed by atoms with Crippen LogP contribution in [0.2, 0.25) is 0 Å². The van der Waals surface area contributed by atoms with E-state index in [0.29, 0.717) is 19.0 Å². The lowest BCUT2D eigenvalue weighted by Crippen LogP contribution is -2.47. The summed E-state index contributed by atoms with van der Waals surface area (Å²) in [6, 6.07) is 11.7. The van der Waals surface area contributed by atoms with Crippen molar-refractivity contribution in [2.24, 2.45) is 0 Å². The van der Waals surface area contributed by atoms with Gasteiger partial charge in [-0.25, -0.2) is 4.79 Å². The second-order valence-electron chi connectivity index (χ2n) is 6.88. The Hall–Kier alpha value is -2.18. The zero-order valence-corrected chi connectivity index (χ0v) is 16.2. The van der Waals surface area contributed by atoms with Crippen molar-refractivity contribution in [1.29, 1.82) is 0 Å². The molecule has 2 heterocycles. The number of urea groups is 1. The smallest absolute Gasteiger partial charge is 0.324 e. The topological polar surface area (TPSA) is 61.4 Å². The maximum atomic E-state index is 12.6. The fourth-order valence-corrected chi connectivity index (χ4v) is 3.92. The number of nitrogens with zero attached hydrogens (tertiary/aromatic N) is 1. The van der Waals surface area contributed by atoms with Crippen molar-refractivity contribution in [1.82, 2.24) is 15.5 Å². The van der Waals surface area contributed by atoms with Crippen LogP contribution in [0.15, 0.2) is 41.8 Å². The molecule has 2 aromatic rings. The molecule has 1 fully saturated rings. The molecule has 3 rings (SSSR count). The summed E-state index contributed by atoms with van der Waals surface area (Å²) < 4.78 is 0. The summed E-state index contributed by atoms with van der Waals surface area (Å²) in [5.41, 5.74) is 2.40. The summed E-state index contributed by atoms with van der Waals surface area (Å²) in [6.45, 7) is 7.10. The Morgan fingerprint density at radius 2 is 1.85 bits per heavy atom. The average molecular weight is 372 g/mol. The zero-order valence-electron chi connectivity index (χ0n) is 15.4. The Morgan fingerprint density at radius 3 is 2.38 bits per heavy atom. The molecule has 0 spiro atoms. The molecule has 1 aromatic carbocycles. The van der Waals surface area contributed by atoms with E-state index in [1.54, 1.807) is 11.3 Å². The highest BCUT2D eigenvalue weighted by molar-refractivity contribution is 7.10. The SMILES string of the molecule is CC(C)c1ccc([C@@H](N[C@@H](C)C(=O)N2CCNC2=O)c2cccs2)cc1. The number of carbonyl (C=O) groups is 2. The number of amides is 3. The van der Waals surface area contributed by atoms with Crippen LogP contribution in [-0.2, 0) is 4.79 Å². The van der Waals surface area contributed by atoms with E-state index in [1.807, 2.05) is 18.4 Å². The molecule has 1 aliphatic heterocycles. The lowest BCUT2D eigenvalue weighted by atomic mass is 9.98. The van der Waals surface area contributed by atoms with E-state index in [4.69, 9.17) is 0 Å². The molecule has 5 nitrogen and oxygen atoms in total. The molecule has 0 saturated carbocycles. The molecule has 0 radical (unpaired) electrons. The van der Waals surface area contributed by atoms with Gasteiger partial charge in [-0.3, -0.25) is 15.0 Å². The molecular formula is C20H25N3O2S. The number of hydrogen-bond acceptors (Lipinski definition) is 4. The summed E-state index contributed by atoms with van der Waals surface area (Å²) in [4.78, 5) is 26.8. The van der Waals surface area contributed by atoms with Crippen LogP contribution in [-0.4, -0.2) is 36.0 Å². The third-order valence-corrected chi connectivity index (χ3v) is 5.61. The van der Waals surface area contributed by atoms with Crippen LogP contribution in [0, 0.1) is 0 Å². The largest absolute Gasteiger partial charge is 0.336 e. The number of benzene rings is 1. The molecule has 1 aromatic heterocycles. The molecule has 3 amide bonds. The lowest BCUT2D eigenvalue weighted by molar-refractivity contribution is -0.129. The van der Waals surface area contributed by atoms with Gasteiger partial charge in [0.15, 0.2) is 0 Å². The molecule has 0 unspecified atom stereocenters. The first-order chi connectivity index (χ1) is 12.5. The molecule has 2 atom stereocenters. The Balaban J connectivity index is 1.80. The third-order valence-electron chi connectivity index (χ3n) is 4.67. The maximum absolute atomic E-state index is 12.6. The Labute approximate surface area is 158 Å². The van der Waals surface area contributed by atoms with Crippen LogP contribution in [0.4, 0.5) is 4.79 Å². The number of imide groups is 1. The number of carbonyl (C=O) groups excluding carboxylic acids is 2. The van der Waals surface area contributed by atoms with E-state index >= 15 is 0 Å². The van der Waals surface area contributed by atoms with Gasteiger partial charge in [0, 0.05) is 18.0 Å². The van der Waals surface area contributed by atoms with Gasteiger partial charge >= 0.3 is 6.03 Å². The van der Waals surface area contributed by atoms with E-state index in [0.717, 1.165) is 10.4 Å². The molecule has 138 valence electrons. The van der Waals surface area contributed by atoms with Crippen LogP contribution < -0.4 is 10.6 Å². The summed E-state index contributed by atoms with van der Waals surface area (Å²) in [5, 5.41) is 8.13. The average Bonchev–Trinajstić information content (AvgIpc) is 3.30. The number of thiophene rings is 1. The van der Waals surface area contributed by atoms with Crippen LogP contribution in [0.5, 0.6) is 0 Å². The van der Waals surface area contributed by atoms with Gasteiger partial charge in [0.05, 0.1) is 12.1 Å². The highest BCUT2D eigenvalue weighted by atomic mass is 32.1. The lowest BCUT2D eigenvalue weighted by Gasteiger charge is -2.25. The van der Waals surface area contributed by atoms with Crippen molar-refractivity contribution in [3.8, 4) is 0 Å². The van der Waals surface area contributed by atoms with Crippen molar-refractivity contribution >= 4 is 23.3 Å². The minimum Gasteiger partial charge on any atom is -0.336 e. The van der Waals surface area contributed by atoms with Crippen molar-refractivity contribution in [2.45, 2.75) is 38.8 Å². The quantitative estimate of drug-likeness (QED) is 0.817. The summed E-state index contributed by atoms with van der Waals surface area (Å²) in [6.07, 6.45) is 0. The zero-order chi connectivity index (χ0) is 18.7. The van der Waals surface area contributed by atoms with E-state index in [9.17, 15) is 9.59 Å². The van der Waals surface area contributed by atoms with Crippen LogP contribution >= 0.6 is 11.3 Å². The Bertz CT molecular complexity index is 756. The summed E-state index contributed by atoms with van der Waals surface area (Å²) in [7, 11) is 0. The number of rotatable bonds is 6. The number of nitrogens with one attached hydrogen (secondary N) is 2. The minimum absolute atomic E-state index is 0.0826. The first-order valence-electron chi connectivity index (χ1n) is 8.96. The van der Waals surface area contributed by atoms with Gasteiger partial charge in [0.1, 0.15) is 0 Å². The summed E-state index contributed by atoms with van der Waals surface area (Å²) in [5.74, 6) is 0.284. The molecule has 0 bridgehead atoms. The van der Waals surface area contributed by atoms with Crippen molar-refractivity contribution in [2.75, 3.05) is 13.1 Å². The molecule has 1 aliphatic rings. The van der Waals surface area contributed by atoms with Gasteiger partial charge in [0.25, 0.3) is 0 Å². The van der Waals surface area contributed by atoms with Gasteiger partial charge in [-0.1, -0.05) is 44.2 Å². The Kier molecular flexibility index (Phi) is 5.74. The Morgan fingerprint density at radius 1 is 1.15 bits per heavy atom. The molecular weight excluding hydrogens is 346 g/mol. The second kappa shape index (κ2) is 8.01. The van der Waals surface area contributed by atoms with Gasteiger partial charge < -0.3 is 5.32 Å². The molecule has 6 heteroatoms. The maximum Gasteiger partial charge on any atom is 0.324 e. The van der Waals surface area contributed by atoms with Gasteiger partial charge in [-0.15, -0.1) is 11.3 Å². The highest BCUT2D eigenvalue weighted by Gasteiger charge is 2.31. The van der Waals surface area contributed by atoms with Crippen molar-refractivity contribution in [3.05, 3.63) is 57.8 Å². The monoisotopic (exact) mass is 371 g/mol. The predicted molar refractivity (Wildman–Crippen MR) is 104 cm³/mol. The predicted octanol–water partition coefficient (Wildman–Crippen LogP) is 3.49. The van der Waals surface area contributed by atoms with E-state index in [2.05, 4.69) is 54.8 Å². The highest BCUT2D eigenvalue weighted by Crippen LogP contribution is 2.28. The molecule has 1 saturated heterocycles. The van der Waals surface area contributed by atoms with Crippen LogP contribution in [0.3, 0.4) is 0 Å². The van der Waals surface area contributed by atoms with Crippen LogP contribution in [0.1, 0.15) is 48.7 Å². The van der Waals surface area contributed by atoms with Gasteiger partial charge in [-0.05, 0) is 35.4 Å². The molecule has 2 N–H and O–H groups in total. The molecule has 0 aliphatic carbocycles. The van der Waals surface area contributed by atoms with Crippen molar-refractivity contribution < 1.29 is 9.59 Å². The van der Waals surface area contributed by atoms with E-state index in [1.165, 1.54) is 10.5 Å². The van der Waals surface area contributed by atoms with E-state index in [-0.39, 0.29) is 18.0 Å². The minimum atomic E-state index is -0.462. The van der Waals surface area contributed by atoms with Crippen molar-refractivity contribution in [3.63, 3.8) is 0 Å². The van der Waals surface area contributed by atoms with Gasteiger partial charge in [-0.2, -0.15) is 0 Å². The summed E-state index contributed by atoms with van der Waals surface area (Å²) >= 11 is 1.66. The first-order valence-corrected chi connectivity index (χ1v) is 9.84. The first kappa shape index (κ1) is 18.6.